The molecule has 0 saturated carbocycles. The van der Waals surface area contributed by atoms with Crippen molar-refractivity contribution >= 4 is 17.7 Å². The first-order valence-corrected chi connectivity index (χ1v) is 9.33. The standard InChI is InChI=1S/C17H28N4S/c1-4-16-13-21(10-11-22-16)17(19-5-2)20-9-7-15-6-8-18-12-14(15)3/h6,8,12,16H,4-5,7,9-11,13H2,1-3H3,(H,19,20). The molecule has 0 spiro atoms. The van der Waals surface area contributed by atoms with Crippen LogP contribution in [0.4, 0.5) is 0 Å². The fraction of sp³-hybridized carbons (Fsp3) is 0.647. The van der Waals surface area contributed by atoms with Gasteiger partial charge in [-0.3, -0.25) is 9.98 Å². The average Bonchev–Trinajstić information content (AvgIpc) is 2.56. The molecule has 5 heteroatoms. The van der Waals surface area contributed by atoms with Crippen LogP contribution in [0.2, 0.25) is 0 Å². The van der Waals surface area contributed by atoms with Crippen LogP contribution in [0.25, 0.3) is 0 Å². The van der Waals surface area contributed by atoms with Gasteiger partial charge in [-0.25, -0.2) is 0 Å². The van der Waals surface area contributed by atoms with Gasteiger partial charge in [0.05, 0.1) is 0 Å². The van der Waals surface area contributed by atoms with Crippen molar-refractivity contribution in [3.63, 3.8) is 0 Å². The second-order valence-corrected chi connectivity index (χ2v) is 7.04. The van der Waals surface area contributed by atoms with Crippen LogP contribution in [0.1, 0.15) is 31.4 Å². The van der Waals surface area contributed by atoms with Crippen LogP contribution in [0.5, 0.6) is 0 Å². The summed E-state index contributed by atoms with van der Waals surface area (Å²) in [5.74, 6) is 2.28. The van der Waals surface area contributed by atoms with Crippen molar-refractivity contribution in [3.8, 4) is 0 Å². The van der Waals surface area contributed by atoms with Crippen LogP contribution in [0.3, 0.4) is 0 Å². The Kier molecular flexibility index (Phi) is 7.03. The Morgan fingerprint density at radius 1 is 1.50 bits per heavy atom. The Hall–Kier alpha value is -1.23. The molecule has 0 amide bonds. The highest BCUT2D eigenvalue weighted by molar-refractivity contribution is 8.00. The number of rotatable bonds is 5. The van der Waals surface area contributed by atoms with Crippen molar-refractivity contribution in [2.75, 3.05) is 31.9 Å². The molecule has 0 aliphatic carbocycles. The van der Waals surface area contributed by atoms with E-state index in [1.54, 1.807) is 0 Å². The van der Waals surface area contributed by atoms with Crippen molar-refractivity contribution < 1.29 is 0 Å². The fourth-order valence-corrected chi connectivity index (χ4v) is 3.83. The minimum atomic E-state index is 0.736. The third-order valence-corrected chi connectivity index (χ3v) is 5.38. The highest BCUT2D eigenvalue weighted by atomic mass is 32.2. The lowest BCUT2D eigenvalue weighted by Crippen LogP contribution is -2.48. The summed E-state index contributed by atoms with van der Waals surface area (Å²) in [6.07, 6.45) is 6.00. The van der Waals surface area contributed by atoms with Gasteiger partial charge in [0.1, 0.15) is 0 Å². The van der Waals surface area contributed by atoms with Crippen LogP contribution in [0, 0.1) is 6.92 Å². The van der Waals surface area contributed by atoms with E-state index in [0.29, 0.717) is 0 Å². The van der Waals surface area contributed by atoms with E-state index in [2.05, 4.69) is 53.8 Å². The van der Waals surface area contributed by atoms with Gasteiger partial charge in [0.15, 0.2) is 5.96 Å². The number of guanidine groups is 1. The Labute approximate surface area is 138 Å². The molecular formula is C17H28N4S. The summed E-state index contributed by atoms with van der Waals surface area (Å²) in [6.45, 7) is 10.5. The maximum Gasteiger partial charge on any atom is 0.193 e. The molecule has 2 rings (SSSR count). The van der Waals surface area contributed by atoms with E-state index in [1.807, 2.05) is 12.4 Å². The molecule has 1 N–H and O–H groups in total. The zero-order valence-electron chi connectivity index (χ0n) is 14.0. The number of aliphatic imine (C=N–C) groups is 1. The fourth-order valence-electron chi connectivity index (χ4n) is 2.65. The molecule has 1 fully saturated rings. The van der Waals surface area contributed by atoms with Crippen molar-refractivity contribution in [1.29, 1.82) is 0 Å². The molecule has 0 aromatic carbocycles. The largest absolute Gasteiger partial charge is 0.357 e. The van der Waals surface area contributed by atoms with Crippen LogP contribution in [-0.2, 0) is 6.42 Å². The molecular weight excluding hydrogens is 292 g/mol. The highest BCUT2D eigenvalue weighted by Gasteiger charge is 2.21. The van der Waals surface area contributed by atoms with E-state index in [9.17, 15) is 0 Å². The van der Waals surface area contributed by atoms with Crippen LogP contribution < -0.4 is 5.32 Å². The summed E-state index contributed by atoms with van der Waals surface area (Å²) in [6, 6.07) is 2.10. The van der Waals surface area contributed by atoms with Crippen LogP contribution in [0.15, 0.2) is 23.5 Å². The summed E-state index contributed by atoms with van der Waals surface area (Å²) in [7, 11) is 0. The Bertz CT molecular complexity index is 489. The summed E-state index contributed by atoms with van der Waals surface area (Å²) in [5.41, 5.74) is 2.60. The quantitative estimate of drug-likeness (QED) is 0.669. The van der Waals surface area contributed by atoms with E-state index in [4.69, 9.17) is 4.99 Å². The van der Waals surface area contributed by atoms with E-state index in [0.717, 1.165) is 43.8 Å². The van der Waals surface area contributed by atoms with Gasteiger partial charge in [-0.1, -0.05) is 6.92 Å². The van der Waals surface area contributed by atoms with Crippen molar-refractivity contribution in [3.05, 3.63) is 29.6 Å². The lowest BCUT2D eigenvalue weighted by molar-refractivity contribution is 0.408. The first-order chi connectivity index (χ1) is 10.7. The first kappa shape index (κ1) is 17.1. The van der Waals surface area contributed by atoms with E-state index >= 15 is 0 Å². The number of nitrogens with one attached hydrogen (secondary N) is 1. The molecule has 1 aromatic heterocycles. The van der Waals surface area contributed by atoms with Crippen LogP contribution >= 0.6 is 11.8 Å². The molecule has 1 aliphatic heterocycles. The van der Waals surface area contributed by atoms with Gasteiger partial charge < -0.3 is 10.2 Å². The van der Waals surface area contributed by atoms with Gasteiger partial charge in [0.25, 0.3) is 0 Å². The smallest absolute Gasteiger partial charge is 0.193 e. The topological polar surface area (TPSA) is 40.5 Å². The lowest BCUT2D eigenvalue weighted by atomic mass is 10.1. The Morgan fingerprint density at radius 3 is 3.09 bits per heavy atom. The van der Waals surface area contributed by atoms with E-state index < -0.39 is 0 Å². The molecule has 4 nitrogen and oxygen atoms in total. The highest BCUT2D eigenvalue weighted by Crippen LogP contribution is 2.21. The zero-order chi connectivity index (χ0) is 15.8. The number of aromatic nitrogens is 1. The maximum absolute atomic E-state index is 4.84. The van der Waals surface area contributed by atoms with Crippen LogP contribution in [-0.4, -0.2) is 53.0 Å². The number of hydrogen-bond donors (Lipinski definition) is 1. The van der Waals surface area contributed by atoms with Crippen molar-refractivity contribution in [2.24, 2.45) is 4.99 Å². The SMILES string of the molecule is CCNC(=NCCc1ccncc1C)N1CCSC(CC)C1. The number of nitrogens with zero attached hydrogens (tertiary/aromatic N) is 3. The molecule has 22 heavy (non-hydrogen) atoms. The monoisotopic (exact) mass is 320 g/mol. The maximum atomic E-state index is 4.84. The summed E-state index contributed by atoms with van der Waals surface area (Å²) >= 11 is 2.09. The molecule has 1 aromatic rings. The lowest BCUT2D eigenvalue weighted by Gasteiger charge is -2.34. The minimum absolute atomic E-state index is 0.736. The molecule has 122 valence electrons. The molecule has 0 bridgehead atoms. The predicted octanol–water partition coefficient (Wildman–Crippen LogP) is 2.73. The number of hydrogen-bond acceptors (Lipinski definition) is 3. The molecule has 2 heterocycles. The van der Waals surface area contributed by atoms with Gasteiger partial charge in [-0.05, 0) is 43.9 Å². The van der Waals surface area contributed by atoms with Gasteiger partial charge in [0, 0.05) is 49.6 Å². The van der Waals surface area contributed by atoms with Gasteiger partial charge in [-0.2, -0.15) is 11.8 Å². The number of pyridine rings is 1. The molecule has 0 radical (unpaired) electrons. The third-order valence-electron chi connectivity index (χ3n) is 4.01. The zero-order valence-corrected chi connectivity index (χ0v) is 14.8. The summed E-state index contributed by atoms with van der Waals surface area (Å²) in [4.78, 5) is 11.4. The molecule has 1 atom stereocenters. The number of aryl methyl sites for hydroxylation is 1. The van der Waals surface area contributed by atoms with Crippen molar-refractivity contribution in [1.82, 2.24) is 15.2 Å². The second-order valence-electron chi connectivity index (χ2n) is 5.63. The van der Waals surface area contributed by atoms with Gasteiger partial charge in [-0.15, -0.1) is 0 Å². The number of thioether (sulfide) groups is 1. The summed E-state index contributed by atoms with van der Waals surface area (Å²) in [5, 5.41) is 4.19. The van der Waals surface area contributed by atoms with Crippen molar-refractivity contribution in [2.45, 2.75) is 38.9 Å². The molecule has 1 saturated heterocycles. The predicted molar refractivity (Wildman–Crippen MR) is 96.8 cm³/mol. The second kappa shape index (κ2) is 9.03. The van der Waals surface area contributed by atoms with Gasteiger partial charge in [0.2, 0.25) is 0 Å². The Balaban J connectivity index is 1.96. The summed E-state index contributed by atoms with van der Waals surface area (Å²) < 4.78 is 0. The normalized spacial score (nSPS) is 19.3. The average molecular weight is 321 g/mol. The minimum Gasteiger partial charge on any atom is -0.357 e. The first-order valence-electron chi connectivity index (χ1n) is 8.29. The van der Waals surface area contributed by atoms with Gasteiger partial charge >= 0.3 is 0 Å². The molecule has 1 aliphatic rings. The third kappa shape index (κ3) is 4.90. The van der Waals surface area contributed by atoms with E-state index in [1.165, 1.54) is 23.3 Å². The molecule has 1 unspecified atom stereocenters. The Morgan fingerprint density at radius 2 is 2.36 bits per heavy atom. The van der Waals surface area contributed by atoms with E-state index in [-0.39, 0.29) is 0 Å².